The molecule has 0 aliphatic heterocycles. The van der Waals surface area contributed by atoms with E-state index in [1.54, 1.807) is 24.8 Å². The Kier molecular flexibility index (Phi) is 6.55. The number of halogens is 2. The lowest BCUT2D eigenvalue weighted by Crippen LogP contribution is -2.43. The van der Waals surface area contributed by atoms with Gasteiger partial charge in [0.15, 0.2) is 0 Å². The zero-order chi connectivity index (χ0) is 26.4. The first-order valence-corrected chi connectivity index (χ1v) is 12.8. The smallest absolute Gasteiger partial charge is 0.290 e. The molecule has 0 spiro atoms. The summed E-state index contributed by atoms with van der Waals surface area (Å²) in [6.45, 7) is 7.51. The molecule has 10 heteroatoms. The Hall–Kier alpha value is -3.27. The lowest BCUT2D eigenvalue weighted by atomic mass is 9.59. The molecular formula is C27H33F2N7O. The van der Waals surface area contributed by atoms with Crippen molar-refractivity contribution in [3.05, 3.63) is 64.8 Å². The average molecular weight is 510 g/mol. The number of carbonyl (C=O) groups excluding carboxylic acids is 1. The van der Waals surface area contributed by atoms with E-state index in [9.17, 15) is 13.6 Å². The highest BCUT2D eigenvalue weighted by atomic mass is 19.3. The van der Waals surface area contributed by atoms with Crippen LogP contribution in [0.4, 0.5) is 14.5 Å². The van der Waals surface area contributed by atoms with Crippen molar-refractivity contribution in [2.45, 2.75) is 64.3 Å². The maximum absolute atomic E-state index is 14.6. The van der Waals surface area contributed by atoms with E-state index in [1.165, 1.54) is 0 Å². The van der Waals surface area contributed by atoms with Crippen LogP contribution in [-0.4, -0.2) is 37.2 Å². The normalized spacial score (nSPS) is 22.1. The molecule has 0 radical (unpaired) electrons. The zero-order valence-electron chi connectivity index (χ0n) is 21.7. The van der Waals surface area contributed by atoms with Crippen molar-refractivity contribution in [1.29, 1.82) is 0 Å². The van der Waals surface area contributed by atoms with Crippen molar-refractivity contribution < 1.29 is 13.6 Å². The van der Waals surface area contributed by atoms with E-state index in [4.69, 9.17) is 0 Å². The number of pyridine rings is 2. The number of hydrogen-bond donors (Lipinski definition) is 2. The molecule has 1 amide bonds. The summed E-state index contributed by atoms with van der Waals surface area (Å²) in [5, 5.41) is 14.6. The molecule has 0 atom stereocenters. The molecule has 3 heterocycles. The fourth-order valence-electron chi connectivity index (χ4n) is 5.73. The van der Waals surface area contributed by atoms with Crippen molar-refractivity contribution in [3.63, 3.8) is 0 Å². The molecule has 2 N–H and O–H groups in total. The number of carbonyl (C=O) groups is 1. The van der Waals surface area contributed by atoms with Crippen LogP contribution < -0.4 is 10.6 Å². The van der Waals surface area contributed by atoms with Gasteiger partial charge in [0.2, 0.25) is 0 Å². The first-order chi connectivity index (χ1) is 17.6. The first-order valence-electron chi connectivity index (χ1n) is 12.8. The fraction of sp³-hybridized carbons (Fsp3) is 0.519. The lowest BCUT2D eigenvalue weighted by Gasteiger charge is -2.45. The van der Waals surface area contributed by atoms with Gasteiger partial charge in [-0.15, -0.1) is 10.2 Å². The summed E-state index contributed by atoms with van der Waals surface area (Å²) in [5.41, 5.74) is 2.03. The number of nitrogens with one attached hydrogen (secondary N) is 2. The molecular weight excluding hydrogens is 476 g/mol. The Morgan fingerprint density at radius 1 is 1.24 bits per heavy atom. The summed E-state index contributed by atoms with van der Waals surface area (Å²) in [6.07, 6.45) is 6.79. The van der Waals surface area contributed by atoms with Gasteiger partial charge in [0.1, 0.15) is 23.5 Å². The minimum atomic E-state index is -3.04. The first kappa shape index (κ1) is 25.4. The van der Waals surface area contributed by atoms with Gasteiger partial charge >= 0.3 is 0 Å². The molecule has 1 fully saturated rings. The molecule has 8 nitrogen and oxygen atoms in total. The Bertz CT molecular complexity index is 1310. The molecule has 3 aromatic rings. The highest BCUT2D eigenvalue weighted by Gasteiger charge is 2.48. The second-order valence-corrected chi connectivity index (χ2v) is 11.0. The summed E-state index contributed by atoms with van der Waals surface area (Å²) in [4.78, 5) is 21.8. The Morgan fingerprint density at radius 3 is 2.70 bits per heavy atom. The molecule has 5 rings (SSSR count). The SMILES string of the molecule is CC(C)CNCc1cc(C(=O)Nc2cncc([C@]3(c4nncn4C)C[C@@H](C)C3)c2)nc2c1CCC2(F)F. The number of nitrogens with zero attached hydrogens (tertiary/aromatic N) is 5. The van der Waals surface area contributed by atoms with Gasteiger partial charge in [-0.2, -0.15) is 8.78 Å². The topological polar surface area (TPSA) is 97.6 Å². The van der Waals surface area contributed by atoms with Gasteiger partial charge in [0, 0.05) is 26.2 Å². The van der Waals surface area contributed by atoms with Crippen LogP contribution in [0.3, 0.4) is 0 Å². The third-order valence-electron chi connectivity index (χ3n) is 7.43. The molecule has 2 aliphatic carbocycles. The van der Waals surface area contributed by atoms with Gasteiger partial charge in [-0.05, 0) is 66.5 Å². The molecule has 0 bridgehead atoms. The maximum atomic E-state index is 14.6. The predicted octanol–water partition coefficient (Wildman–Crippen LogP) is 4.36. The summed E-state index contributed by atoms with van der Waals surface area (Å²) in [7, 11) is 1.92. The van der Waals surface area contributed by atoms with Gasteiger partial charge in [0.25, 0.3) is 11.8 Å². The van der Waals surface area contributed by atoms with Gasteiger partial charge in [-0.3, -0.25) is 9.78 Å². The number of amides is 1. The van der Waals surface area contributed by atoms with Crippen LogP contribution in [0.15, 0.2) is 30.9 Å². The number of fused-ring (bicyclic) bond motifs is 1. The van der Waals surface area contributed by atoms with Crippen molar-refractivity contribution >= 4 is 11.6 Å². The summed E-state index contributed by atoms with van der Waals surface area (Å²) >= 11 is 0. The van der Waals surface area contributed by atoms with Crippen LogP contribution >= 0.6 is 0 Å². The Balaban J connectivity index is 1.42. The molecule has 0 unspecified atom stereocenters. The van der Waals surface area contributed by atoms with Crippen molar-refractivity contribution in [3.8, 4) is 0 Å². The molecule has 0 saturated heterocycles. The van der Waals surface area contributed by atoms with E-state index in [0.717, 1.165) is 30.8 Å². The summed E-state index contributed by atoms with van der Waals surface area (Å²) in [6, 6.07) is 3.52. The largest absolute Gasteiger partial charge is 0.320 e. The third-order valence-corrected chi connectivity index (χ3v) is 7.43. The van der Waals surface area contributed by atoms with Crippen molar-refractivity contribution in [2.75, 3.05) is 11.9 Å². The second kappa shape index (κ2) is 9.55. The molecule has 37 heavy (non-hydrogen) atoms. The lowest BCUT2D eigenvalue weighted by molar-refractivity contribution is -0.00602. The summed E-state index contributed by atoms with van der Waals surface area (Å²) in [5.74, 6) is -1.78. The van der Waals surface area contributed by atoms with Crippen LogP contribution in [0.5, 0.6) is 0 Å². The van der Waals surface area contributed by atoms with E-state index >= 15 is 0 Å². The summed E-state index contributed by atoms with van der Waals surface area (Å²) < 4.78 is 31.2. The van der Waals surface area contributed by atoms with E-state index < -0.39 is 11.8 Å². The van der Waals surface area contributed by atoms with Crippen LogP contribution in [-0.2, 0) is 31.4 Å². The molecule has 3 aromatic heterocycles. The van der Waals surface area contributed by atoms with Gasteiger partial charge in [0.05, 0.1) is 17.3 Å². The number of aryl methyl sites for hydroxylation is 1. The van der Waals surface area contributed by atoms with Crippen LogP contribution in [0.25, 0.3) is 0 Å². The average Bonchev–Trinajstić information content (AvgIpc) is 3.39. The standard InChI is InChI=1S/C27H33F2N7O/c1-16(2)11-30-12-18-7-22(34-23-21(18)5-6-27(23,28)29)24(37)33-20-8-19(13-31-14-20)26(9-17(3)10-26)25-35-32-15-36(25)4/h7-8,13-17,30H,5-6,9-12H2,1-4H3,(H,33,37)/t17-,26+. The van der Waals surface area contributed by atoms with Gasteiger partial charge in [-0.25, -0.2) is 4.98 Å². The highest BCUT2D eigenvalue weighted by molar-refractivity contribution is 6.03. The third kappa shape index (κ3) is 4.74. The monoisotopic (exact) mass is 509 g/mol. The van der Waals surface area contributed by atoms with E-state index in [0.29, 0.717) is 35.2 Å². The minimum Gasteiger partial charge on any atom is -0.320 e. The van der Waals surface area contributed by atoms with Crippen molar-refractivity contribution in [2.24, 2.45) is 18.9 Å². The van der Waals surface area contributed by atoms with Crippen molar-refractivity contribution in [1.82, 2.24) is 30.0 Å². The highest BCUT2D eigenvalue weighted by Crippen LogP contribution is 2.51. The quantitative estimate of drug-likeness (QED) is 0.468. The number of alkyl halides is 2. The predicted molar refractivity (Wildman–Crippen MR) is 135 cm³/mol. The van der Waals surface area contributed by atoms with Crippen LogP contribution in [0.2, 0.25) is 0 Å². The molecule has 1 saturated carbocycles. The second-order valence-electron chi connectivity index (χ2n) is 11.0. The number of hydrogen-bond acceptors (Lipinski definition) is 6. The maximum Gasteiger partial charge on any atom is 0.290 e. The minimum absolute atomic E-state index is 0.0210. The van der Waals surface area contributed by atoms with Gasteiger partial charge in [-0.1, -0.05) is 20.8 Å². The van der Waals surface area contributed by atoms with Crippen LogP contribution in [0, 0.1) is 11.8 Å². The number of rotatable bonds is 8. The van der Waals surface area contributed by atoms with E-state index in [2.05, 4.69) is 51.6 Å². The Labute approximate surface area is 215 Å². The van der Waals surface area contributed by atoms with E-state index in [1.807, 2.05) is 17.7 Å². The number of anilines is 1. The molecule has 2 aliphatic rings. The molecule has 196 valence electrons. The van der Waals surface area contributed by atoms with E-state index in [-0.39, 0.29) is 29.6 Å². The van der Waals surface area contributed by atoms with Gasteiger partial charge < -0.3 is 15.2 Å². The number of aromatic nitrogens is 5. The molecule has 0 aromatic carbocycles. The zero-order valence-corrected chi connectivity index (χ0v) is 21.7. The fourth-order valence-corrected chi connectivity index (χ4v) is 5.73. The Morgan fingerprint density at radius 2 is 2.03 bits per heavy atom. The van der Waals surface area contributed by atoms with Crippen LogP contribution in [0.1, 0.15) is 78.7 Å².